The lowest BCUT2D eigenvalue weighted by Gasteiger charge is -2.08. The lowest BCUT2D eigenvalue weighted by molar-refractivity contribution is -0.385. The summed E-state index contributed by atoms with van der Waals surface area (Å²) in [4.78, 5) is 13.8. The van der Waals surface area contributed by atoms with Gasteiger partial charge < -0.3 is 15.0 Å². The Morgan fingerprint density at radius 2 is 2.04 bits per heavy atom. The summed E-state index contributed by atoms with van der Waals surface area (Å²) < 4.78 is 5.75. The van der Waals surface area contributed by atoms with Crippen LogP contribution in [0.1, 0.15) is 12.5 Å². The fourth-order valence-corrected chi connectivity index (χ4v) is 2.50. The van der Waals surface area contributed by atoms with Crippen LogP contribution in [0.5, 0.6) is 5.75 Å². The number of fused-ring (bicyclic) bond motifs is 1. The molecule has 0 aliphatic heterocycles. The summed E-state index contributed by atoms with van der Waals surface area (Å²) >= 11 is 0. The number of nitrogens with zero attached hydrogens (tertiary/aromatic N) is 1. The molecule has 1 aromatic heterocycles. The first-order chi connectivity index (χ1) is 11.2. The third-order valence-corrected chi connectivity index (χ3v) is 3.60. The third kappa shape index (κ3) is 3.60. The zero-order chi connectivity index (χ0) is 16.2. The smallest absolute Gasteiger partial charge is 0.276 e. The van der Waals surface area contributed by atoms with Crippen molar-refractivity contribution in [3.63, 3.8) is 0 Å². The Morgan fingerprint density at radius 3 is 2.79 bits per heavy atom. The molecule has 3 rings (SSSR count). The molecule has 0 spiro atoms. The molecule has 126 valence electrons. The number of halogens is 1. The van der Waals surface area contributed by atoms with Gasteiger partial charge in [-0.1, -0.05) is 12.1 Å². The van der Waals surface area contributed by atoms with E-state index in [2.05, 4.69) is 10.3 Å². The summed E-state index contributed by atoms with van der Waals surface area (Å²) in [6.45, 7) is 3.02. The van der Waals surface area contributed by atoms with Crippen molar-refractivity contribution in [1.29, 1.82) is 0 Å². The van der Waals surface area contributed by atoms with Crippen molar-refractivity contribution in [2.75, 3.05) is 11.9 Å². The quantitative estimate of drug-likeness (QED) is 0.508. The first-order valence-electron chi connectivity index (χ1n) is 7.39. The van der Waals surface area contributed by atoms with Gasteiger partial charge in [-0.25, -0.2) is 0 Å². The molecule has 2 aromatic carbocycles. The van der Waals surface area contributed by atoms with E-state index in [0.29, 0.717) is 11.3 Å². The van der Waals surface area contributed by atoms with Crippen molar-refractivity contribution >= 4 is 34.7 Å². The predicted molar refractivity (Wildman–Crippen MR) is 97.1 cm³/mol. The van der Waals surface area contributed by atoms with Gasteiger partial charge in [0.05, 0.1) is 16.2 Å². The molecule has 0 amide bonds. The Hall–Kier alpha value is -2.73. The fraction of sp³-hybridized carbons (Fsp3) is 0.176. The minimum absolute atomic E-state index is 0. The maximum atomic E-state index is 11.0. The van der Waals surface area contributed by atoms with Crippen LogP contribution in [-0.4, -0.2) is 16.5 Å². The van der Waals surface area contributed by atoms with Crippen LogP contribution in [0.4, 0.5) is 11.4 Å². The van der Waals surface area contributed by atoms with Gasteiger partial charge in [0.1, 0.15) is 12.4 Å². The molecule has 0 fully saturated rings. The zero-order valence-electron chi connectivity index (χ0n) is 13.1. The standard InChI is InChI=1S/C17H17N3O3.ClH/c1-2-18-16-10-19-15-8-7-13(9-14(15)16)23-11-12-5-3-4-6-17(12)20(21)22;/h3-10,18-19H,2,11H2,1H3;1H. The Morgan fingerprint density at radius 1 is 1.25 bits per heavy atom. The van der Waals surface area contributed by atoms with Gasteiger partial charge in [0.15, 0.2) is 0 Å². The van der Waals surface area contributed by atoms with Crippen molar-refractivity contribution in [2.24, 2.45) is 0 Å². The normalized spacial score (nSPS) is 10.2. The van der Waals surface area contributed by atoms with Crippen LogP contribution < -0.4 is 10.1 Å². The number of nitro benzene ring substituents is 1. The average Bonchev–Trinajstić information content (AvgIpc) is 2.96. The highest BCUT2D eigenvalue weighted by molar-refractivity contribution is 5.93. The van der Waals surface area contributed by atoms with Gasteiger partial charge in [-0.3, -0.25) is 10.1 Å². The van der Waals surface area contributed by atoms with Crippen LogP contribution >= 0.6 is 12.4 Å². The predicted octanol–water partition coefficient (Wildman–Crippen LogP) is 4.51. The average molecular weight is 348 g/mol. The second-order valence-corrected chi connectivity index (χ2v) is 5.11. The molecule has 3 aromatic rings. The molecular weight excluding hydrogens is 330 g/mol. The van der Waals surface area contributed by atoms with Gasteiger partial charge in [-0.2, -0.15) is 0 Å². The molecular formula is C17H18ClN3O3. The molecule has 24 heavy (non-hydrogen) atoms. The molecule has 0 bridgehead atoms. The fourth-order valence-electron chi connectivity index (χ4n) is 2.50. The summed E-state index contributed by atoms with van der Waals surface area (Å²) in [7, 11) is 0. The topological polar surface area (TPSA) is 80.2 Å². The molecule has 0 unspecified atom stereocenters. The number of nitrogens with one attached hydrogen (secondary N) is 2. The highest BCUT2D eigenvalue weighted by Gasteiger charge is 2.13. The molecule has 0 saturated carbocycles. The van der Waals surface area contributed by atoms with Crippen LogP contribution in [0.15, 0.2) is 48.7 Å². The number of H-pyrrole nitrogens is 1. The van der Waals surface area contributed by atoms with Crippen LogP contribution in [0.2, 0.25) is 0 Å². The monoisotopic (exact) mass is 347 g/mol. The van der Waals surface area contributed by atoms with E-state index in [9.17, 15) is 10.1 Å². The van der Waals surface area contributed by atoms with E-state index < -0.39 is 4.92 Å². The minimum atomic E-state index is -0.392. The van der Waals surface area contributed by atoms with Crippen molar-refractivity contribution in [1.82, 2.24) is 4.98 Å². The van der Waals surface area contributed by atoms with Gasteiger partial charge in [-0.05, 0) is 31.2 Å². The van der Waals surface area contributed by atoms with Gasteiger partial charge in [0.25, 0.3) is 5.69 Å². The summed E-state index contributed by atoms with van der Waals surface area (Å²) in [6, 6.07) is 12.3. The summed E-state index contributed by atoms with van der Waals surface area (Å²) in [5, 5.41) is 15.3. The second-order valence-electron chi connectivity index (χ2n) is 5.11. The third-order valence-electron chi connectivity index (χ3n) is 3.60. The number of benzene rings is 2. The molecule has 0 radical (unpaired) electrons. The lowest BCUT2D eigenvalue weighted by atomic mass is 10.2. The van der Waals surface area contributed by atoms with E-state index in [1.54, 1.807) is 18.2 Å². The number of aromatic amines is 1. The molecule has 1 heterocycles. The molecule has 2 N–H and O–H groups in total. The van der Waals surface area contributed by atoms with Crippen LogP contribution in [0.25, 0.3) is 10.9 Å². The van der Waals surface area contributed by atoms with E-state index in [1.165, 1.54) is 6.07 Å². The summed E-state index contributed by atoms with van der Waals surface area (Å²) in [6.07, 6.45) is 1.92. The number of anilines is 1. The first kappa shape index (κ1) is 17.6. The van der Waals surface area contributed by atoms with Crippen molar-refractivity contribution < 1.29 is 9.66 Å². The lowest BCUT2D eigenvalue weighted by Crippen LogP contribution is -2.00. The summed E-state index contributed by atoms with van der Waals surface area (Å²) in [5.41, 5.74) is 2.65. The number of hydrogen-bond acceptors (Lipinski definition) is 4. The van der Waals surface area contributed by atoms with Crippen molar-refractivity contribution in [3.05, 3.63) is 64.3 Å². The number of nitro groups is 1. The largest absolute Gasteiger partial charge is 0.489 e. The van der Waals surface area contributed by atoms with Crippen LogP contribution in [-0.2, 0) is 6.61 Å². The van der Waals surface area contributed by atoms with Crippen molar-refractivity contribution in [3.8, 4) is 5.75 Å². The van der Waals surface area contributed by atoms with Crippen LogP contribution in [0, 0.1) is 10.1 Å². The molecule has 0 atom stereocenters. The van der Waals surface area contributed by atoms with E-state index in [1.807, 2.05) is 31.3 Å². The van der Waals surface area contributed by atoms with E-state index in [4.69, 9.17) is 4.74 Å². The van der Waals surface area contributed by atoms with Gasteiger partial charge in [0.2, 0.25) is 0 Å². The number of rotatable bonds is 6. The number of ether oxygens (including phenoxy) is 1. The maximum Gasteiger partial charge on any atom is 0.276 e. The van der Waals surface area contributed by atoms with Gasteiger partial charge >= 0.3 is 0 Å². The van der Waals surface area contributed by atoms with E-state index in [-0.39, 0.29) is 24.7 Å². The number of aromatic nitrogens is 1. The molecule has 6 nitrogen and oxygen atoms in total. The maximum absolute atomic E-state index is 11.0. The zero-order valence-corrected chi connectivity index (χ0v) is 13.9. The second kappa shape index (κ2) is 7.70. The van der Waals surface area contributed by atoms with Crippen molar-refractivity contribution in [2.45, 2.75) is 13.5 Å². The Labute approximate surface area is 145 Å². The Balaban J connectivity index is 0.00000208. The Kier molecular flexibility index (Phi) is 5.65. The minimum Gasteiger partial charge on any atom is -0.489 e. The van der Waals surface area contributed by atoms with E-state index >= 15 is 0 Å². The number of hydrogen-bond donors (Lipinski definition) is 2. The number of para-hydroxylation sites is 1. The SMILES string of the molecule is CCNc1c[nH]c2ccc(OCc3ccccc3[N+](=O)[O-])cc12.Cl. The summed E-state index contributed by atoms with van der Waals surface area (Å²) in [5.74, 6) is 0.675. The van der Waals surface area contributed by atoms with E-state index in [0.717, 1.165) is 23.1 Å². The first-order valence-corrected chi connectivity index (χ1v) is 7.39. The highest BCUT2D eigenvalue weighted by Crippen LogP contribution is 2.28. The molecule has 0 aliphatic rings. The van der Waals surface area contributed by atoms with Gasteiger partial charge in [-0.15, -0.1) is 12.4 Å². The van der Waals surface area contributed by atoms with Crippen LogP contribution in [0.3, 0.4) is 0 Å². The van der Waals surface area contributed by atoms with Gasteiger partial charge in [0, 0.05) is 29.7 Å². The highest BCUT2D eigenvalue weighted by atomic mass is 35.5. The Bertz CT molecular complexity index is 848. The molecule has 0 aliphatic carbocycles. The molecule has 7 heteroatoms. The molecule has 0 saturated heterocycles.